The SMILES string of the molecule is CC(C)c1nc(COC(=O)NCCP(=O)(O)Oc2ccccc2)n(Cc2ccncc2)c1Sc1cc(Cl)cc(Cl)c1. The lowest BCUT2D eigenvalue weighted by Crippen LogP contribution is -2.28. The summed E-state index contributed by atoms with van der Waals surface area (Å²) >= 11 is 14.0. The molecule has 0 aliphatic carbocycles. The Balaban J connectivity index is 1.48. The van der Waals surface area contributed by atoms with Crippen molar-refractivity contribution in [1.82, 2.24) is 19.9 Å². The van der Waals surface area contributed by atoms with Gasteiger partial charge < -0.3 is 24.0 Å². The van der Waals surface area contributed by atoms with Crippen molar-refractivity contribution in [1.29, 1.82) is 0 Å². The summed E-state index contributed by atoms with van der Waals surface area (Å²) in [7, 11) is -3.96. The van der Waals surface area contributed by atoms with Gasteiger partial charge in [0, 0.05) is 33.9 Å². The van der Waals surface area contributed by atoms with E-state index in [-0.39, 0.29) is 31.0 Å². The van der Waals surface area contributed by atoms with E-state index in [9.17, 15) is 14.3 Å². The van der Waals surface area contributed by atoms with Crippen LogP contribution in [0.15, 0.2) is 83.0 Å². The summed E-state index contributed by atoms with van der Waals surface area (Å²) in [5.41, 5.74) is 1.82. The predicted molar refractivity (Wildman–Crippen MR) is 160 cm³/mol. The van der Waals surface area contributed by atoms with E-state index in [4.69, 9.17) is 37.4 Å². The molecule has 0 fully saturated rings. The lowest BCUT2D eigenvalue weighted by molar-refractivity contribution is 0.136. The van der Waals surface area contributed by atoms with Crippen molar-refractivity contribution in [2.45, 2.75) is 42.8 Å². The van der Waals surface area contributed by atoms with Crippen LogP contribution >= 0.6 is 42.6 Å². The van der Waals surface area contributed by atoms with Gasteiger partial charge in [0.15, 0.2) is 6.61 Å². The number of pyridine rings is 1. The third kappa shape index (κ3) is 9.24. The van der Waals surface area contributed by atoms with Crippen molar-refractivity contribution in [3.63, 3.8) is 0 Å². The van der Waals surface area contributed by atoms with E-state index >= 15 is 0 Å². The Morgan fingerprint density at radius 1 is 1.10 bits per heavy atom. The van der Waals surface area contributed by atoms with Crippen LogP contribution in [0, 0.1) is 0 Å². The molecule has 1 atom stereocenters. The van der Waals surface area contributed by atoms with Gasteiger partial charge in [0.05, 0.1) is 18.4 Å². The van der Waals surface area contributed by atoms with Gasteiger partial charge in [0.1, 0.15) is 16.6 Å². The number of nitrogens with zero attached hydrogens (tertiary/aromatic N) is 3. The van der Waals surface area contributed by atoms with Crippen molar-refractivity contribution in [2.75, 3.05) is 12.7 Å². The highest BCUT2D eigenvalue weighted by Gasteiger charge is 2.23. The van der Waals surface area contributed by atoms with E-state index in [0.29, 0.717) is 22.4 Å². The number of aromatic nitrogens is 3. The molecule has 0 saturated heterocycles. The average Bonchev–Trinajstić information content (AvgIpc) is 3.24. The summed E-state index contributed by atoms with van der Waals surface area (Å²) in [6.45, 7) is 4.31. The topological polar surface area (TPSA) is 116 Å². The first-order valence-electron chi connectivity index (χ1n) is 12.7. The first-order chi connectivity index (χ1) is 19.6. The standard InChI is InChI=1S/C28H29Cl2N4O5PS/c1-19(2)26-27(41-24-15-21(29)14-22(30)16-24)34(17-20-8-10-31-11-9-20)25(33-26)18-38-28(35)32-12-13-40(36,37)39-23-6-4-3-5-7-23/h3-11,14-16,19H,12-13,17-18H2,1-2H3,(H,32,35)(H,36,37). The van der Waals surface area contributed by atoms with Crippen molar-refractivity contribution in [3.8, 4) is 5.75 Å². The van der Waals surface area contributed by atoms with Gasteiger partial charge in [-0.1, -0.05) is 67.0 Å². The molecule has 2 aromatic carbocycles. The molecule has 0 bridgehead atoms. The van der Waals surface area contributed by atoms with Crippen LogP contribution in [0.1, 0.15) is 36.8 Å². The molecule has 4 rings (SSSR count). The minimum atomic E-state index is -3.96. The summed E-state index contributed by atoms with van der Waals surface area (Å²) < 4.78 is 25.0. The number of carbonyl (C=O) groups excluding carboxylic acids is 1. The molecule has 0 radical (unpaired) electrons. The van der Waals surface area contributed by atoms with Crippen LogP contribution in [0.3, 0.4) is 0 Å². The molecule has 216 valence electrons. The average molecular weight is 636 g/mol. The van der Waals surface area contributed by atoms with E-state index in [0.717, 1.165) is 21.2 Å². The van der Waals surface area contributed by atoms with Gasteiger partial charge >= 0.3 is 13.7 Å². The molecule has 2 heterocycles. The molecular weight excluding hydrogens is 606 g/mol. The second-order valence-corrected chi connectivity index (χ2v) is 13.1. The number of halogens is 2. The van der Waals surface area contributed by atoms with Crippen molar-refractivity contribution < 1.29 is 23.5 Å². The number of ether oxygens (including phenoxy) is 1. The first-order valence-corrected chi connectivity index (χ1v) is 16.0. The Morgan fingerprint density at radius 3 is 2.44 bits per heavy atom. The minimum absolute atomic E-state index is 0.0711. The molecule has 0 aliphatic rings. The zero-order chi connectivity index (χ0) is 29.4. The van der Waals surface area contributed by atoms with Crippen LogP contribution in [-0.2, 0) is 22.5 Å². The van der Waals surface area contributed by atoms with Crippen LogP contribution in [0.2, 0.25) is 10.0 Å². The van der Waals surface area contributed by atoms with Crippen molar-refractivity contribution in [3.05, 3.63) is 100 Å². The third-order valence-electron chi connectivity index (χ3n) is 5.70. The predicted octanol–water partition coefficient (Wildman–Crippen LogP) is 7.40. The number of amides is 1. The van der Waals surface area contributed by atoms with E-state index in [1.54, 1.807) is 48.8 Å². The Hall–Kier alpha value is -3.01. The van der Waals surface area contributed by atoms with Crippen LogP contribution in [0.4, 0.5) is 4.79 Å². The normalized spacial score (nSPS) is 12.6. The van der Waals surface area contributed by atoms with Crippen LogP contribution in [-0.4, -0.2) is 38.2 Å². The fraction of sp³-hybridized carbons (Fsp3) is 0.250. The maximum atomic E-state index is 12.5. The van der Waals surface area contributed by atoms with Crippen molar-refractivity contribution >= 4 is 48.7 Å². The number of hydrogen-bond acceptors (Lipinski definition) is 7. The van der Waals surface area contributed by atoms with Gasteiger partial charge in [-0.3, -0.25) is 4.98 Å². The molecular formula is C28H29Cl2N4O5PS. The quantitative estimate of drug-likeness (QED) is 0.155. The van der Waals surface area contributed by atoms with Gasteiger partial charge in [0.25, 0.3) is 0 Å². The summed E-state index contributed by atoms with van der Waals surface area (Å²) in [5.74, 6) is 0.884. The van der Waals surface area contributed by atoms with Crippen LogP contribution < -0.4 is 9.84 Å². The Bertz CT molecular complexity index is 1500. The monoisotopic (exact) mass is 634 g/mol. The zero-order valence-electron chi connectivity index (χ0n) is 22.4. The van der Waals surface area contributed by atoms with E-state index in [1.807, 2.05) is 42.7 Å². The highest BCUT2D eigenvalue weighted by atomic mass is 35.5. The Labute approximate surface area is 252 Å². The molecule has 2 N–H and O–H groups in total. The zero-order valence-corrected chi connectivity index (χ0v) is 25.6. The molecule has 13 heteroatoms. The second-order valence-electron chi connectivity index (χ2n) is 9.29. The number of benzene rings is 2. The van der Waals surface area contributed by atoms with Gasteiger partial charge in [0.2, 0.25) is 0 Å². The van der Waals surface area contributed by atoms with Gasteiger partial charge in [-0.25, -0.2) is 14.3 Å². The maximum absolute atomic E-state index is 12.5. The smallest absolute Gasteiger partial charge is 0.407 e. The lowest BCUT2D eigenvalue weighted by atomic mass is 10.1. The number of carbonyl (C=O) groups is 1. The Kier molecular flexibility index (Phi) is 10.8. The summed E-state index contributed by atoms with van der Waals surface area (Å²) in [4.78, 5) is 32.4. The molecule has 0 spiro atoms. The lowest BCUT2D eigenvalue weighted by Gasteiger charge is -2.15. The Morgan fingerprint density at radius 2 is 1.78 bits per heavy atom. The number of rotatable bonds is 12. The fourth-order valence-corrected chi connectivity index (χ4v) is 6.65. The molecule has 9 nitrogen and oxygen atoms in total. The molecule has 4 aromatic rings. The third-order valence-corrected chi connectivity index (χ3v) is 8.52. The fourth-order valence-electron chi connectivity index (χ4n) is 3.80. The van der Waals surface area contributed by atoms with E-state index in [1.165, 1.54) is 11.8 Å². The second kappa shape index (κ2) is 14.2. The minimum Gasteiger partial charge on any atom is -0.441 e. The van der Waals surface area contributed by atoms with Crippen LogP contribution in [0.5, 0.6) is 5.75 Å². The van der Waals surface area contributed by atoms with E-state index < -0.39 is 13.7 Å². The molecule has 41 heavy (non-hydrogen) atoms. The van der Waals surface area contributed by atoms with Gasteiger partial charge in [-0.15, -0.1) is 0 Å². The number of nitrogens with one attached hydrogen (secondary N) is 1. The number of alkyl carbamates (subject to hydrolysis) is 1. The highest BCUT2D eigenvalue weighted by molar-refractivity contribution is 7.99. The summed E-state index contributed by atoms with van der Waals surface area (Å²) in [5, 5.41) is 4.42. The summed E-state index contributed by atoms with van der Waals surface area (Å²) in [6.07, 6.45) is 2.40. The number of para-hydroxylation sites is 1. The number of imidazole rings is 1. The summed E-state index contributed by atoms with van der Waals surface area (Å²) in [6, 6.07) is 17.5. The molecule has 1 amide bonds. The molecule has 1 unspecified atom stereocenters. The first kappa shape index (κ1) is 30.9. The molecule has 0 saturated carbocycles. The molecule has 2 aromatic heterocycles. The highest BCUT2D eigenvalue weighted by Crippen LogP contribution is 2.42. The number of hydrogen-bond donors (Lipinski definition) is 2. The van der Waals surface area contributed by atoms with Crippen molar-refractivity contribution in [2.24, 2.45) is 0 Å². The molecule has 0 aliphatic heterocycles. The van der Waals surface area contributed by atoms with Crippen LogP contribution in [0.25, 0.3) is 0 Å². The largest absolute Gasteiger partial charge is 0.441 e. The maximum Gasteiger partial charge on any atom is 0.407 e. The van der Waals surface area contributed by atoms with E-state index in [2.05, 4.69) is 10.3 Å². The van der Waals surface area contributed by atoms with Gasteiger partial charge in [-0.2, -0.15) is 0 Å². The van der Waals surface area contributed by atoms with Gasteiger partial charge in [-0.05, 0) is 53.9 Å².